The number of aromatic nitrogens is 1. The molecule has 11 rings (SSSR count). The quantitative estimate of drug-likeness (QED) is 0.130. The maximum Gasteiger partial charge on any atom is 0.189 e. The van der Waals surface area contributed by atoms with Gasteiger partial charge in [0.2, 0.25) is 0 Å². The SMILES string of the molecule is [C-]#[N+]c1ccc2c3ccc(-c4ccc5cc(-c6cc7ccc8cc(-c9ccccc9)cc9ccc(c6)c7c89)ccc5c4)cc3n(-c3ccccc3)c2c1. The molecule has 0 saturated carbocycles. The van der Waals surface area contributed by atoms with Gasteiger partial charge in [-0.25, -0.2) is 4.85 Å². The van der Waals surface area contributed by atoms with E-state index in [1.807, 2.05) is 18.2 Å². The first-order valence-electron chi connectivity index (χ1n) is 18.0. The second-order valence-corrected chi connectivity index (χ2v) is 14.1. The van der Waals surface area contributed by atoms with E-state index in [0.29, 0.717) is 5.69 Å². The highest BCUT2D eigenvalue weighted by Crippen LogP contribution is 2.41. The first kappa shape index (κ1) is 29.5. The molecular weight excluding hydrogens is 641 g/mol. The first-order valence-corrected chi connectivity index (χ1v) is 18.0. The monoisotopic (exact) mass is 670 g/mol. The lowest BCUT2D eigenvalue weighted by Gasteiger charge is -2.15. The van der Waals surface area contributed by atoms with Crippen molar-refractivity contribution in [1.82, 2.24) is 4.57 Å². The van der Waals surface area contributed by atoms with Crippen LogP contribution in [0.5, 0.6) is 0 Å². The zero-order chi connectivity index (χ0) is 35.0. The predicted molar refractivity (Wildman–Crippen MR) is 225 cm³/mol. The molecule has 244 valence electrons. The predicted octanol–water partition coefficient (Wildman–Crippen LogP) is 14.4. The van der Waals surface area contributed by atoms with Gasteiger partial charge in [-0.2, -0.15) is 0 Å². The van der Waals surface area contributed by atoms with Crippen LogP contribution in [0.25, 0.3) is 109 Å². The Morgan fingerprint density at radius 2 is 0.774 bits per heavy atom. The van der Waals surface area contributed by atoms with Crippen molar-refractivity contribution in [3.63, 3.8) is 0 Å². The van der Waals surface area contributed by atoms with Gasteiger partial charge >= 0.3 is 0 Å². The van der Waals surface area contributed by atoms with Crippen LogP contribution in [0.15, 0.2) is 182 Å². The Labute approximate surface area is 306 Å². The molecule has 0 saturated heterocycles. The molecule has 2 nitrogen and oxygen atoms in total. The fourth-order valence-electron chi connectivity index (χ4n) is 8.52. The summed E-state index contributed by atoms with van der Waals surface area (Å²) in [4.78, 5) is 3.73. The van der Waals surface area contributed by atoms with Crippen LogP contribution in [0.1, 0.15) is 0 Å². The van der Waals surface area contributed by atoms with Crippen LogP contribution < -0.4 is 0 Å². The van der Waals surface area contributed by atoms with Crippen LogP contribution in [-0.2, 0) is 0 Å². The minimum Gasteiger partial charge on any atom is -0.310 e. The summed E-state index contributed by atoms with van der Waals surface area (Å²) in [5.41, 5.74) is 11.2. The smallest absolute Gasteiger partial charge is 0.189 e. The van der Waals surface area contributed by atoms with Gasteiger partial charge in [0.25, 0.3) is 0 Å². The van der Waals surface area contributed by atoms with Crippen LogP contribution in [-0.4, -0.2) is 4.57 Å². The minimum absolute atomic E-state index is 0.645. The average Bonchev–Trinajstić information content (AvgIpc) is 3.55. The molecule has 11 aromatic rings. The van der Waals surface area contributed by atoms with Crippen molar-refractivity contribution in [2.75, 3.05) is 0 Å². The van der Waals surface area contributed by atoms with Crippen LogP contribution in [0.3, 0.4) is 0 Å². The molecule has 1 heterocycles. The molecule has 0 aliphatic carbocycles. The third-order valence-corrected chi connectivity index (χ3v) is 11.0. The third kappa shape index (κ3) is 4.65. The zero-order valence-corrected chi connectivity index (χ0v) is 28.7. The van der Waals surface area contributed by atoms with Crippen LogP contribution in [0, 0.1) is 6.57 Å². The summed E-state index contributed by atoms with van der Waals surface area (Å²) >= 11 is 0. The van der Waals surface area contributed by atoms with Gasteiger partial charge in [0.05, 0.1) is 12.1 Å². The van der Waals surface area contributed by atoms with Gasteiger partial charge in [-0.1, -0.05) is 121 Å². The summed E-state index contributed by atoms with van der Waals surface area (Å²) in [6.07, 6.45) is 0. The summed E-state index contributed by atoms with van der Waals surface area (Å²) in [5, 5.41) is 12.5. The lowest BCUT2D eigenvalue weighted by molar-refractivity contribution is 1.18. The molecule has 0 spiro atoms. The Balaban J connectivity index is 0.987. The Bertz CT molecular complexity index is 3210. The number of nitrogens with zero attached hydrogens (tertiary/aromatic N) is 2. The molecule has 1 aromatic heterocycles. The highest BCUT2D eigenvalue weighted by Gasteiger charge is 2.16. The molecule has 0 amide bonds. The minimum atomic E-state index is 0.645. The third-order valence-electron chi connectivity index (χ3n) is 11.0. The maximum absolute atomic E-state index is 7.62. The van der Waals surface area contributed by atoms with Crippen molar-refractivity contribution < 1.29 is 0 Å². The average molecular weight is 671 g/mol. The second kappa shape index (κ2) is 11.4. The van der Waals surface area contributed by atoms with E-state index in [0.717, 1.165) is 27.7 Å². The number of para-hydroxylation sites is 1. The number of hydrogen-bond donors (Lipinski definition) is 0. The van der Waals surface area contributed by atoms with E-state index >= 15 is 0 Å². The Hall–Kier alpha value is -7.21. The summed E-state index contributed by atoms with van der Waals surface area (Å²) in [6.45, 7) is 7.62. The van der Waals surface area contributed by atoms with E-state index in [4.69, 9.17) is 6.57 Å². The van der Waals surface area contributed by atoms with E-state index in [9.17, 15) is 0 Å². The van der Waals surface area contributed by atoms with Gasteiger partial charge in [0.15, 0.2) is 5.69 Å². The van der Waals surface area contributed by atoms with Crippen molar-refractivity contribution in [2.45, 2.75) is 0 Å². The first-order chi connectivity index (χ1) is 26.2. The van der Waals surface area contributed by atoms with Crippen LogP contribution >= 0.6 is 0 Å². The largest absolute Gasteiger partial charge is 0.310 e. The Morgan fingerprint density at radius 3 is 1.36 bits per heavy atom. The normalized spacial score (nSPS) is 11.8. The number of hydrogen-bond acceptors (Lipinski definition) is 0. The lowest BCUT2D eigenvalue weighted by Crippen LogP contribution is -1.93. The van der Waals surface area contributed by atoms with Crippen molar-refractivity contribution in [3.05, 3.63) is 193 Å². The molecule has 0 N–H and O–H groups in total. The van der Waals surface area contributed by atoms with Crippen LogP contribution in [0.2, 0.25) is 0 Å². The molecule has 0 radical (unpaired) electrons. The summed E-state index contributed by atoms with van der Waals surface area (Å²) in [6, 6.07) is 66.0. The number of rotatable bonds is 4. The molecule has 0 aliphatic rings. The van der Waals surface area contributed by atoms with E-state index < -0.39 is 0 Å². The lowest BCUT2D eigenvalue weighted by atomic mass is 9.89. The van der Waals surface area contributed by atoms with E-state index in [2.05, 4.69) is 173 Å². The van der Waals surface area contributed by atoms with Crippen molar-refractivity contribution >= 4 is 70.6 Å². The molecule has 2 heteroatoms. The molecule has 0 bridgehead atoms. The highest BCUT2D eigenvalue weighted by molar-refractivity contribution is 6.24. The van der Waals surface area contributed by atoms with Gasteiger partial charge in [-0.3, -0.25) is 0 Å². The molecular formula is C51H30N2. The molecule has 53 heavy (non-hydrogen) atoms. The van der Waals surface area contributed by atoms with Gasteiger partial charge in [-0.15, -0.1) is 0 Å². The molecule has 0 aliphatic heterocycles. The topological polar surface area (TPSA) is 9.29 Å². The van der Waals surface area contributed by atoms with E-state index in [-0.39, 0.29) is 0 Å². The second-order valence-electron chi connectivity index (χ2n) is 14.1. The van der Waals surface area contributed by atoms with Gasteiger partial charge < -0.3 is 4.57 Å². The van der Waals surface area contributed by atoms with Crippen molar-refractivity contribution in [3.8, 4) is 39.1 Å². The fraction of sp³-hybridized carbons (Fsp3) is 0. The van der Waals surface area contributed by atoms with E-state index in [1.54, 1.807) is 0 Å². The molecule has 0 atom stereocenters. The molecule has 10 aromatic carbocycles. The highest BCUT2D eigenvalue weighted by atomic mass is 15.0. The number of benzene rings is 10. The van der Waals surface area contributed by atoms with Gasteiger partial charge in [-0.05, 0) is 137 Å². The fourth-order valence-corrected chi connectivity index (χ4v) is 8.52. The van der Waals surface area contributed by atoms with Crippen molar-refractivity contribution in [1.29, 1.82) is 0 Å². The van der Waals surface area contributed by atoms with Gasteiger partial charge in [0.1, 0.15) is 0 Å². The maximum atomic E-state index is 7.62. The number of fused-ring (bicyclic) bond motifs is 4. The Kier molecular flexibility index (Phi) is 6.35. The summed E-state index contributed by atoms with van der Waals surface area (Å²) in [5.74, 6) is 0. The van der Waals surface area contributed by atoms with Gasteiger partial charge in [0, 0.05) is 22.0 Å². The summed E-state index contributed by atoms with van der Waals surface area (Å²) < 4.78 is 2.29. The molecule has 0 unspecified atom stereocenters. The zero-order valence-electron chi connectivity index (χ0n) is 28.7. The Morgan fingerprint density at radius 1 is 0.340 bits per heavy atom. The van der Waals surface area contributed by atoms with Crippen LogP contribution in [0.4, 0.5) is 5.69 Å². The summed E-state index contributed by atoms with van der Waals surface area (Å²) in [7, 11) is 0. The standard InChI is InChI=1S/C51H30N2/c1-52-44-21-23-47-46-22-20-37(30-48(46)53(49(47)31-44)45-10-6-3-7-11-45)35-13-12-34-25-36(15-14-33(34)24-35)43-28-40-18-16-38-26-42(32-8-4-2-5-9-32)27-39-17-19-41(29-43)51(40)50(38)39/h2-31H. The molecule has 0 fully saturated rings. The van der Waals surface area contributed by atoms with E-state index in [1.165, 1.54) is 76.3 Å². The van der Waals surface area contributed by atoms with Crippen molar-refractivity contribution in [2.24, 2.45) is 0 Å².